The Morgan fingerprint density at radius 1 is 1.45 bits per heavy atom. The molecule has 0 bridgehead atoms. The molecular formula is C17H16N2O2S. The van der Waals surface area contributed by atoms with Gasteiger partial charge in [0, 0.05) is 11.1 Å². The van der Waals surface area contributed by atoms with Crippen LogP contribution in [0.4, 0.5) is 0 Å². The standard InChI is InChI=1S/C17H16N2O2S/c1-4-7-21-15-6-5-13(9-16(15)20-3)8-14(10-18)17-19-12(2)11-22-17/h4-6,8-9,11H,1,7H2,2-3H3. The minimum atomic E-state index is 0.410. The van der Waals surface area contributed by atoms with Crippen molar-refractivity contribution in [1.82, 2.24) is 4.98 Å². The molecule has 0 spiro atoms. The number of ether oxygens (including phenoxy) is 2. The number of nitriles is 1. The number of aromatic nitrogens is 1. The van der Waals surface area contributed by atoms with E-state index in [1.807, 2.05) is 30.5 Å². The van der Waals surface area contributed by atoms with Crippen LogP contribution in [0.25, 0.3) is 11.6 Å². The van der Waals surface area contributed by atoms with Crippen molar-refractivity contribution in [3.05, 3.63) is 52.5 Å². The molecule has 1 aromatic heterocycles. The zero-order chi connectivity index (χ0) is 15.9. The number of hydrogen-bond donors (Lipinski definition) is 0. The van der Waals surface area contributed by atoms with Gasteiger partial charge in [-0.15, -0.1) is 11.3 Å². The molecule has 0 saturated heterocycles. The summed E-state index contributed by atoms with van der Waals surface area (Å²) >= 11 is 1.46. The Kier molecular flexibility index (Phi) is 5.34. The summed E-state index contributed by atoms with van der Waals surface area (Å²) in [5.41, 5.74) is 2.29. The summed E-state index contributed by atoms with van der Waals surface area (Å²) in [5.74, 6) is 1.26. The SMILES string of the molecule is C=CCOc1ccc(C=C(C#N)c2nc(C)cs2)cc1OC. The van der Waals surface area contributed by atoms with Crippen molar-refractivity contribution in [3.63, 3.8) is 0 Å². The highest BCUT2D eigenvalue weighted by atomic mass is 32.1. The average molecular weight is 312 g/mol. The molecule has 0 saturated carbocycles. The van der Waals surface area contributed by atoms with Gasteiger partial charge in [-0.1, -0.05) is 18.7 Å². The molecule has 0 aliphatic heterocycles. The Labute approximate surface area is 134 Å². The number of rotatable bonds is 6. The molecule has 4 nitrogen and oxygen atoms in total. The van der Waals surface area contributed by atoms with E-state index in [0.717, 1.165) is 11.3 Å². The van der Waals surface area contributed by atoms with Gasteiger partial charge < -0.3 is 9.47 Å². The van der Waals surface area contributed by atoms with Crippen LogP contribution in [0, 0.1) is 18.3 Å². The quantitative estimate of drug-likeness (QED) is 0.595. The normalized spacial score (nSPS) is 10.9. The van der Waals surface area contributed by atoms with E-state index in [4.69, 9.17) is 9.47 Å². The summed E-state index contributed by atoms with van der Waals surface area (Å²) in [5, 5.41) is 12.0. The zero-order valence-electron chi connectivity index (χ0n) is 12.5. The first kappa shape index (κ1) is 15.8. The molecule has 2 rings (SSSR count). The van der Waals surface area contributed by atoms with Crippen molar-refractivity contribution >= 4 is 23.0 Å². The minimum absolute atomic E-state index is 0.410. The molecular weight excluding hydrogens is 296 g/mol. The van der Waals surface area contributed by atoms with Gasteiger partial charge in [0.05, 0.1) is 12.7 Å². The molecule has 0 atom stereocenters. The van der Waals surface area contributed by atoms with Crippen LogP contribution in [0.1, 0.15) is 16.3 Å². The average Bonchev–Trinajstić information content (AvgIpc) is 2.97. The molecule has 0 radical (unpaired) electrons. The first-order chi connectivity index (χ1) is 10.7. The lowest BCUT2D eigenvalue weighted by Gasteiger charge is -2.09. The van der Waals surface area contributed by atoms with Crippen molar-refractivity contribution < 1.29 is 9.47 Å². The van der Waals surface area contributed by atoms with Crippen molar-refractivity contribution in [2.24, 2.45) is 0 Å². The van der Waals surface area contributed by atoms with Crippen LogP contribution in [0.15, 0.2) is 36.2 Å². The van der Waals surface area contributed by atoms with Crippen molar-refractivity contribution in [1.29, 1.82) is 5.26 Å². The number of benzene rings is 1. The van der Waals surface area contributed by atoms with E-state index in [0.29, 0.717) is 28.7 Å². The van der Waals surface area contributed by atoms with Gasteiger partial charge in [-0.25, -0.2) is 4.98 Å². The molecule has 0 aliphatic rings. The van der Waals surface area contributed by atoms with E-state index in [9.17, 15) is 5.26 Å². The fraction of sp³-hybridized carbons (Fsp3) is 0.176. The Morgan fingerprint density at radius 3 is 2.86 bits per heavy atom. The van der Waals surface area contributed by atoms with E-state index in [-0.39, 0.29) is 0 Å². The highest BCUT2D eigenvalue weighted by molar-refractivity contribution is 7.11. The number of aryl methyl sites for hydroxylation is 1. The van der Waals surface area contributed by atoms with E-state index in [1.54, 1.807) is 19.3 Å². The van der Waals surface area contributed by atoms with Gasteiger partial charge in [0.1, 0.15) is 17.7 Å². The molecule has 0 fully saturated rings. The van der Waals surface area contributed by atoms with E-state index >= 15 is 0 Å². The van der Waals surface area contributed by atoms with Crippen molar-refractivity contribution in [2.45, 2.75) is 6.92 Å². The molecule has 112 valence electrons. The van der Waals surface area contributed by atoms with Crippen molar-refractivity contribution in [2.75, 3.05) is 13.7 Å². The summed E-state index contributed by atoms with van der Waals surface area (Å²) in [6.45, 7) is 5.93. The highest BCUT2D eigenvalue weighted by Gasteiger charge is 2.08. The Bertz CT molecular complexity index is 741. The van der Waals surface area contributed by atoms with Crippen molar-refractivity contribution in [3.8, 4) is 17.6 Å². The number of thiazole rings is 1. The molecule has 1 aromatic carbocycles. The Morgan fingerprint density at radius 2 is 2.27 bits per heavy atom. The summed E-state index contributed by atoms with van der Waals surface area (Å²) in [6.07, 6.45) is 3.46. The zero-order valence-corrected chi connectivity index (χ0v) is 13.3. The second-order valence-corrected chi connectivity index (χ2v) is 5.33. The second-order valence-electron chi connectivity index (χ2n) is 4.47. The van der Waals surface area contributed by atoms with Gasteiger partial charge in [0.15, 0.2) is 11.5 Å². The minimum Gasteiger partial charge on any atom is -0.493 e. The molecule has 0 amide bonds. The molecule has 1 heterocycles. The van der Waals surface area contributed by atoms with Gasteiger partial charge in [-0.05, 0) is 30.7 Å². The van der Waals surface area contributed by atoms with E-state index in [2.05, 4.69) is 17.6 Å². The number of hydrogen-bond acceptors (Lipinski definition) is 5. The molecule has 0 N–H and O–H groups in total. The Balaban J connectivity index is 2.33. The molecule has 22 heavy (non-hydrogen) atoms. The number of methoxy groups -OCH3 is 1. The second kappa shape index (κ2) is 7.43. The topological polar surface area (TPSA) is 55.1 Å². The lowest BCUT2D eigenvalue weighted by molar-refractivity contribution is 0.326. The summed E-state index contributed by atoms with van der Waals surface area (Å²) in [6, 6.07) is 7.71. The Hall–Kier alpha value is -2.58. The van der Waals surface area contributed by atoms with Gasteiger partial charge in [0.25, 0.3) is 0 Å². The fourth-order valence-corrected chi connectivity index (χ4v) is 2.59. The maximum Gasteiger partial charge on any atom is 0.161 e. The van der Waals surface area contributed by atoms with Gasteiger partial charge >= 0.3 is 0 Å². The fourth-order valence-electron chi connectivity index (χ4n) is 1.83. The van der Waals surface area contributed by atoms with Crippen LogP contribution in [0.3, 0.4) is 0 Å². The third kappa shape index (κ3) is 3.74. The van der Waals surface area contributed by atoms with Crippen LogP contribution in [0.2, 0.25) is 0 Å². The lowest BCUT2D eigenvalue weighted by Crippen LogP contribution is -1.96. The number of nitrogens with zero attached hydrogens (tertiary/aromatic N) is 2. The van der Waals surface area contributed by atoms with Gasteiger partial charge in [-0.3, -0.25) is 0 Å². The van der Waals surface area contributed by atoms with Crippen LogP contribution in [-0.4, -0.2) is 18.7 Å². The van der Waals surface area contributed by atoms with Gasteiger partial charge in [0.2, 0.25) is 0 Å². The highest BCUT2D eigenvalue weighted by Crippen LogP contribution is 2.30. The molecule has 2 aromatic rings. The third-order valence-corrected chi connectivity index (χ3v) is 3.82. The van der Waals surface area contributed by atoms with E-state index < -0.39 is 0 Å². The van der Waals surface area contributed by atoms with Crippen LogP contribution < -0.4 is 9.47 Å². The monoisotopic (exact) mass is 312 g/mol. The summed E-state index contributed by atoms with van der Waals surface area (Å²) in [4.78, 5) is 4.34. The van der Waals surface area contributed by atoms with E-state index in [1.165, 1.54) is 11.3 Å². The first-order valence-corrected chi connectivity index (χ1v) is 7.52. The van der Waals surface area contributed by atoms with Crippen LogP contribution in [-0.2, 0) is 0 Å². The molecule has 5 heteroatoms. The molecule has 0 unspecified atom stereocenters. The van der Waals surface area contributed by atoms with Crippen LogP contribution >= 0.6 is 11.3 Å². The molecule has 0 aliphatic carbocycles. The van der Waals surface area contributed by atoms with Crippen LogP contribution in [0.5, 0.6) is 11.5 Å². The predicted molar refractivity (Wildman–Crippen MR) is 89.0 cm³/mol. The lowest BCUT2D eigenvalue weighted by atomic mass is 10.1. The third-order valence-electron chi connectivity index (χ3n) is 2.83. The summed E-state index contributed by atoms with van der Waals surface area (Å²) < 4.78 is 10.8. The largest absolute Gasteiger partial charge is 0.493 e. The predicted octanol–water partition coefficient (Wildman–Crippen LogP) is 4.09. The summed E-state index contributed by atoms with van der Waals surface area (Å²) in [7, 11) is 1.58. The number of allylic oxidation sites excluding steroid dienone is 1. The van der Waals surface area contributed by atoms with Gasteiger partial charge in [-0.2, -0.15) is 5.26 Å². The maximum atomic E-state index is 9.33. The first-order valence-electron chi connectivity index (χ1n) is 6.64. The maximum absolute atomic E-state index is 9.33. The smallest absolute Gasteiger partial charge is 0.161 e.